The molecule has 0 bridgehead atoms. The molecule has 2 aromatic rings. The zero-order chi connectivity index (χ0) is 18.0. The third kappa shape index (κ3) is 4.00. The molecule has 0 atom stereocenters. The first-order valence-electron chi connectivity index (χ1n) is 7.35. The molecule has 9 heteroatoms. The van der Waals surface area contributed by atoms with Crippen molar-refractivity contribution in [1.82, 2.24) is 4.72 Å². The summed E-state index contributed by atoms with van der Waals surface area (Å²) < 4.78 is 46.1. The van der Waals surface area contributed by atoms with Crippen molar-refractivity contribution >= 4 is 37.7 Å². The second-order valence-corrected chi connectivity index (χ2v) is 7.99. The lowest BCUT2D eigenvalue weighted by Gasteiger charge is -2.14. The topological polar surface area (TPSA) is 75.7 Å². The summed E-state index contributed by atoms with van der Waals surface area (Å²) in [5.41, 5.74) is 1.25. The quantitative estimate of drug-likeness (QED) is 0.793. The largest absolute Gasteiger partial charge is 0.447 e. The fraction of sp³-hybridized carbons (Fsp3) is 0.188. The SMILES string of the molecule is O=C1OCCN1c1cccc(CNS(=O)(=O)c2cc(Br)ccc2F)c1. The van der Waals surface area contributed by atoms with Crippen molar-refractivity contribution in [3.8, 4) is 0 Å². The van der Waals surface area contributed by atoms with Crippen molar-refractivity contribution < 1.29 is 22.3 Å². The number of nitrogens with zero attached hydrogens (tertiary/aromatic N) is 1. The van der Waals surface area contributed by atoms with E-state index in [2.05, 4.69) is 20.7 Å². The van der Waals surface area contributed by atoms with Crippen LogP contribution in [0.4, 0.5) is 14.9 Å². The van der Waals surface area contributed by atoms with Crippen LogP contribution in [0.1, 0.15) is 5.56 Å². The number of cyclic esters (lactones) is 1. The highest BCUT2D eigenvalue weighted by atomic mass is 79.9. The van der Waals surface area contributed by atoms with Gasteiger partial charge in [-0.2, -0.15) is 0 Å². The van der Waals surface area contributed by atoms with Crippen molar-refractivity contribution in [3.05, 3.63) is 58.3 Å². The van der Waals surface area contributed by atoms with Crippen LogP contribution in [0, 0.1) is 5.82 Å². The van der Waals surface area contributed by atoms with Crippen LogP contribution in [0.2, 0.25) is 0 Å². The van der Waals surface area contributed by atoms with E-state index >= 15 is 0 Å². The van der Waals surface area contributed by atoms with Gasteiger partial charge in [0.05, 0.1) is 6.54 Å². The molecule has 0 spiro atoms. The third-order valence-electron chi connectivity index (χ3n) is 3.63. The summed E-state index contributed by atoms with van der Waals surface area (Å²) in [6.07, 6.45) is -0.436. The number of halogens is 2. The molecule has 1 saturated heterocycles. The Hall–Kier alpha value is -1.97. The van der Waals surface area contributed by atoms with Crippen molar-refractivity contribution in [1.29, 1.82) is 0 Å². The predicted octanol–water partition coefficient (Wildman–Crippen LogP) is 3.02. The maximum absolute atomic E-state index is 13.8. The molecular weight excluding hydrogens is 415 g/mol. The Morgan fingerprint density at radius 2 is 2.04 bits per heavy atom. The minimum absolute atomic E-state index is 0.0367. The first-order valence-corrected chi connectivity index (χ1v) is 9.62. The lowest BCUT2D eigenvalue weighted by atomic mass is 10.2. The molecule has 2 aromatic carbocycles. The molecule has 6 nitrogen and oxygen atoms in total. The molecule has 25 heavy (non-hydrogen) atoms. The van der Waals surface area contributed by atoms with E-state index in [0.29, 0.717) is 28.9 Å². The second-order valence-electron chi connectivity index (χ2n) is 5.34. The minimum Gasteiger partial charge on any atom is -0.447 e. The molecule has 1 heterocycles. The fourth-order valence-corrected chi connectivity index (χ4v) is 4.03. The summed E-state index contributed by atoms with van der Waals surface area (Å²) >= 11 is 3.13. The van der Waals surface area contributed by atoms with Gasteiger partial charge in [-0.25, -0.2) is 22.3 Å². The summed E-state index contributed by atoms with van der Waals surface area (Å²) in [6.45, 7) is 0.722. The van der Waals surface area contributed by atoms with E-state index in [1.807, 2.05) is 0 Å². The Labute approximate surface area is 152 Å². The van der Waals surface area contributed by atoms with Crippen LogP contribution in [-0.4, -0.2) is 27.7 Å². The average molecular weight is 429 g/mol. The van der Waals surface area contributed by atoms with Crippen LogP contribution < -0.4 is 9.62 Å². The molecule has 0 unspecified atom stereocenters. The maximum Gasteiger partial charge on any atom is 0.414 e. The van der Waals surface area contributed by atoms with Crippen molar-refractivity contribution in [3.63, 3.8) is 0 Å². The first-order chi connectivity index (χ1) is 11.9. The van der Waals surface area contributed by atoms with Gasteiger partial charge in [-0.3, -0.25) is 4.90 Å². The van der Waals surface area contributed by atoms with Gasteiger partial charge in [0.2, 0.25) is 10.0 Å². The van der Waals surface area contributed by atoms with Gasteiger partial charge < -0.3 is 4.74 Å². The minimum atomic E-state index is -4.01. The van der Waals surface area contributed by atoms with Crippen molar-refractivity contribution in [2.45, 2.75) is 11.4 Å². The molecule has 1 aliphatic rings. The number of rotatable bonds is 5. The number of ether oxygens (including phenoxy) is 1. The van der Waals surface area contributed by atoms with E-state index in [-0.39, 0.29) is 6.54 Å². The summed E-state index contributed by atoms with van der Waals surface area (Å²) in [7, 11) is -4.01. The summed E-state index contributed by atoms with van der Waals surface area (Å²) in [6, 6.07) is 10.6. The second kappa shape index (κ2) is 7.11. The molecule has 132 valence electrons. The van der Waals surface area contributed by atoms with E-state index in [4.69, 9.17) is 4.74 Å². The Morgan fingerprint density at radius 1 is 1.24 bits per heavy atom. The van der Waals surface area contributed by atoms with Crippen LogP contribution in [0.15, 0.2) is 51.8 Å². The van der Waals surface area contributed by atoms with Crippen LogP contribution in [-0.2, 0) is 21.3 Å². The molecule has 1 aliphatic heterocycles. The van der Waals surface area contributed by atoms with E-state index in [0.717, 1.165) is 6.07 Å². The van der Waals surface area contributed by atoms with E-state index in [9.17, 15) is 17.6 Å². The molecule has 1 fully saturated rings. The van der Waals surface area contributed by atoms with Gasteiger partial charge >= 0.3 is 6.09 Å². The number of hydrogen-bond donors (Lipinski definition) is 1. The van der Waals surface area contributed by atoms with Crippen molar-refractivity contribution in [2.24, 2.45) is 0 Å². The number of amides is 1. The predicted molar refractivity (Wildman–Crippen MR) is 93.3 cm³/mol. The van der Waals surface area contributed by atoms with Gasteiger partial charge in [0, 0.05) is 16.7 Å². The number of sulfonamides is 1. The average Bonchev–Trinajstić information content (AvgIpc) is 3.01. The van der Waals surface area contributed by atoms with Crippen LogP contribution in [0.25, 0.3) is 0 Å². The summed E-state index contributed by atoms with van der Waals surface area (Å²) in [5, 5.41) is 0. The number of hydrogen-bond acceptors (Lipinski definition) is 4. The number of anilines is 1. The zero-order valence-electron chi connectivity index (χ0n) is 12.9. The highest BCUT2D eigenvalue weighted by molar-refractivity contribution is 9.10. The highest BCUT2D eigenvalue weighted by Crippen LogP contribution is 2.22. The number of carbonyl (C=O) groups excluding carboxylic acids is 1. The highest BCUT2D eigenvalue weighted by Gasteiger charge is 2.24. The molecule has 0 saturated carbocycles. The van der Waals surface area contributed by atoms with Crippen LogP contribution >= 0.6 is 15.9 Å². The van der Waals surface area contributed by atoms with Crippen LogP contribution in [0.3, 0.4) is 0 Å². The van der Waals surface area contributed by atoms with E-state index in [1.54, 1.807) is 24.3 Å². The van der Waals surface area contributed by atoms with E-state index in [1.165, 1.54) is 17.0 Å². The van der Waals surface area contributed by atoms with Crippen LogP contribution in [0.5, 0.6) is 0 Å². The lowest BCUT2D eigenvalue weighted by Crippen LogP contribution is -2.25. The van der Waals surface area contributed by atoms with Gasteiger partial charge in [0.1, 0.15) is 17.3 Å². The molecule has 0 radical (unpaired) electrons. The molecule has 0 aliphatic carbocycles. The normalized spacial score (nSPS) is 14.6. The number of nitrogens with one attached hydrogen (secondary N) is 1. The lowest BCUT2D eigenvalue weighted by molar-refractivity contribution is 0.181. The zero-order valence-corrected chi connectivity index (χ0v) is 15.3. The summed E-state index contributed by atoms with van der Waals surface area (Å²) in [4.78, 5) is 12.6. The molecule has 1 amide bonds. The Kier molecular flexibility index (Phi) is 5.07. The first kappa shape index (κ1) is 17.8. The van der Waals surface area contributed by atoms with Crippen molar-refractivity contribution in [2.75, 3.05) is 18.1 Å². The Bertz CT molecular complexity index is 920. The van der Waals surface area contributed by atoms with Gasteiger partial charge in [-0.1, -0.05) is 28.1 Å². The molecule has 0 aromatic heterocycles. The van der Waals surface area contributed by atoms with Gasteiger partial charge in [0.25, 0.3) is 0 Å². The fourth-order valence-electron chi connectivity index (χ4n) is 2.40. The maximum atomic E-state index is 13.8. The smallest absolute Gasteiger partial charge is 0.414 e. The Balaban J connectivity index is 1.77. The molecule has 3 rings (SSSR count). The standard InChI is InChI=1S/C16H14BrFN2O4S/c17-12-4-5-14(18)15(9-12)25(22,23)19-10-11-2-1-3-13(8-11)20-6-7-24-16(20)21/h1-5,8-9,19H,6-7,10H2. The molecular formula is C16H14BrFN2O4S. The van der Waals surface area contributed by atoms with E-state index < -0.39 is 26.8 Å². The van der Waals surface area contributed by atoms with Gasteiger partial charge in [0.15, 0.2) is 0 Å². The number of carbonyl (C=O) groups is 1. The van der Waals surface area contributed by atoms with Gasteiger partial charge in [-0.05, 0) is 35.9 Å². The van der Waals surface area contributed by atoms with Gasteiger partial charge in [-0.15, -0.1) is 0 Å². The third-order valence-corrected chi connectivity index (χ3v) is 5.54. The number of benzene rings is 2. The summed E-state index contributed by atoms with van der Waals surface area (Å²) in [5.74, 6) is -0.829. The monoisotopic (exact) mass is 428 g/mol. The molecule has 1 N–H and O–H groups in total. The Morgan fingerprint density at radius 3 is 2.76 bits per heavy atom.